The van der Waals surface area contributed by atoms with Gasteiger partial charge in [0.05, 0.1) is 32.8 Å². The number of amides is 1. The highest BCUT2D eigenvalue weighted by molar-refractivity contribution is 6.30. The normalized spacial score (nSPS) is 17.3. The van der Waals surface area contributed by atoms with Crippen LogP contribution in [0.15, 0.2) is 24.3 Å². The molecule has 122 valence electrons. The molecule has 1 aromatic rings. The van der Waals surface area contributed by atoms with Crippen LogP contribution in [0.1, 0.15) is 6.92 Å². The molecule has 22 heavy (non-hydrogen) atoms. The molecule has 1 saturated heterocycles. The molecule has 1 heterocycles. The molecule has 0 unspecified atom stereocenters. The van der Waals surface area contributed by atoms with E-state index in [2.05, 4.69) is 16.3 Å². The van der Waals surface area contributed by atoms with E-state index in [0.29, 0.717) is 13.2 Å². The lowest BCUT2D eigenvalue weighted by Crippen LogP contribution is -3.19. The second-order valence-corrected chi connectivity index (χ2v) is 6.07. The second-order valence-electron chi connectivity index (χ2n) is 5.63. The van der Waals surface area contributed by atoms with Crippen LogP contribution >= 0.6 is 11.6 Å². The zero-order valence-corrected chi connectivity index (χ0v) is 14.0. The molecular formula is C16H25ClN3O2+. The number of halogens is 1. The lowest BCUT2D eigenvalue weighted by molar-refractivity contribution is -0.914. The molecule has 1 aliphatic rings. The predicted molar refractivity (Wildman–Crippen MR) is 88.7 cm³/mol. The van der Waals surface area contributed by atoms with E-state index in [4.69, 9.17) is 16.3 Å². The molecule has 1 atom stereocenters. The Morgan fingerprint density at radius 1 is 1.45 bits per heavy atom. The summed E-state index contributed by atoms with van der Waals surface area (Å²) >= 11 is 6.05. The van der Waals surface area contributed by atoms with Gasteiger partial charge < -0.3 is 19.9 Å². The molecule has 0 radical (unpaired) electrons. The van der Waals surface area contributed by atoms with Crippen LogP contribution in [0.5, 0.6) is 0 Å². The number of quaternary nitrogens is 1. The summed E-state index contributed by atoms with van der Waals surface area (Å²) < 4.78 is 4.95. The zero-order chi connectivity index (χ0) is 15.9. The zero-order valence-electron chi connectivity index (χ0n) is 13.3. The molecule has 0 bridgehead atoms. The SMILES string of the molecule is COCCNC(=O)[C@@H](C)[NH+]1CCN(c2cccc(Cl)c2)CC1. The number of carbonyl (C=O) groups is 1. The average molecular weight is 327 g/mol. The molecule has 6 heteroatoms. The number of nitrogens with zero attached hydrogens (tertiary/aromatic N) is 1. The molecule has 1 amide bonds. The fourth-order valence-electron chi connectivity index (χ4n) is 2.77. The van der Waals surface area contributed by atoms with Crippen LogP contribution in [0.2, 0.25) is 5.02 Å². The van der Waals surface area contributed by atoms with Crippen molar-refractivity contribution in [2.45, 2.75) is 13.0 Å². The maximum atomic E-state index is 12.1. The van der Waals surface area contributed by atoms with Gasteiger partial charge in [-0.1, -0.05) is 17.7 Å². The minimum Gasteiger partial charge on any atom is -0.383 e. The largest absolute Gasteiger partial charge is 0.383 e. The second kappa shape index (κ2) is 8.36. The molecule has 5 nitrogen and oxygen atoms in total. The summed E-state index contributed by atoms with van der Waals surface area (Å²) in [6.07, 6.45) is 0. The smallest absolute Gasteiger partial charge is 0.278 e. The van der Waals surface area contributed by atoms with Gasteiger partial charge in [-0.05, 0) is 25.1 Å². The third kappa shape index (κ3) is 4.60. The number of piperazine rings is 1. The molecule has 2 rings (SSSR count). The van der Waals surface area contributed by atoms with E-state index < -0.39 is 0 Å². The lowest BCUT2D eigenvalue weighted by atomic mass is 10.2. The van der Waals surface area contributed by atoms with Crippen LogP contribution in [-0.4, -0.2) is 58.4 Å². The van der Waals surface area contributed by atoms with E-state index in [0.717, 1.165) is 36.9 Å². The number of hydrogen-bond donors (Lipinski definition) is 2. The first-order valence-corrected chi connectivity index (χ1v) is 8.11. The topological polar surface area (TPSA) is 46.0 Å². The average Bonchev–Trinajstić information content (AvgIpc) is 2.54. The van der Waals surface area contributed by atoms with E-state index in [1.165, 1.54) is 4.90 Å². The quantitative estimate of drug-likeness (QED) is 0.734. The highest BCUT2D eigenvalue weighted by Gasteiger charge is 2.28. The molecule has 2 N–H and O–H groups in total. The Hall–Kier alpha value is -1.30. The number of nitrogens with one attached hydrogen (secondary N) is 2. The third-order valence-corrected chi connectivity index (χ3v) is 4.43. The number of benzene rings is 1. The summed E-state index contributed by atoms with van der Waals surface area (Å²) in [5, 5.41) is 3.68. The Morgan fingerprint density at radius 2 is 2.18 bits per heavy atom. The van der Waals surface area contributed by atoms with Gasteiger partial charge in [-0.15, -0.1) is 0 Å². The van der Waals surface area contributed by atoms with Gasteiger partial charge >= 0.3 is 0 Å². The minimum atomic E-state index is -0.0293. The molecule has 0 spiro atoms. The van der Waals surface area contributed by atoms with Crippen molar-refractivity contribution >= 4 is 23.2 Å². The number of hydrogen-bond acceptors (Lipinski definition) is 3. The van der Waals surface area contributed by atoms with Crippen molar-refractivity contribution in [3.05, 3.63) is 29.3 Å². The van der Waals surface area contributed by atoms with Gasteiger partial charge in [0.2, 0.25) is 0 Å². The summed E-state index contributed by atoms with van der Waals surface area (Å²) in [6.45, 7) is 6.89. The first kappa shape index (κ1) is 17.1. The van der Waals surface area contributed by atoms with E-state index in [1.54, 1.807) is 7.11 Å². The van der Waals surface area contributed by atoms with Crippen molar-refractivity contribution in [1.82, 2.24) is 5.32 Å². The predicted octanol–water partition coefficient (Wildman–Crippen LogP) is 0.196. The molecule has 0 aliphatic carbocycles. The fourth-order valence-corrected chi connectivity index (χ4v) is 2.96. The van der Waals surface area contributed by atoms with Crippen molar-refractivity contribution in [2.75, 3.05) is 51.3 Å². The number of rotatable bonds is 6. The third-order valence-electron chi connectivity index (χ3n) is 4.19. The number of anilines is 1. The van der Waals surface area contributed by atoms with Gasteiger partial charge in [-0.3, -0.25) is 4.79 Å². The molecule has 1 aliphatic heterocycles. The highest BCUT2D eigenvalue weighted by atomic mass is 35.5. The van der Waals surface area contributed by atoms with E-state index in [1.807, 2.05) is 25.1 Å². The van der Waals surface area contributed by atoms with E-state index in [-0.39, 0.29) is 11.9 Å². The van der Waals surface area contributed by atoms with Crippen molar-refractivity contribution in [2.24, 2.45) is 0 Å². The van der Waals surface area contributed by atoms with Crippen LogP contribution in [0, 0.1) is 0 Å². The summed E-state index contributed by atoms with van der Waals surface area (Å²) in [6, 6.07) is 7.91. The summed E-state index contributed by atoms with van der Waals surface area (Å²) in [7, 11) is 1.63. The maximum absolute atomic E-state index is 12.1. The lowest BCUT2D eigenvalue weighted by Gasteiger charge is -2.36. The van der Waals surface area contributed by atoms with Gasteiger partial charge in [0.25, 0.3) is 5.91 Å². The number of carbonyl (C=O) groups excluding carboxylic acids is 1. The van der Waals surface area contributed by atoms with Crippen molar-refractivity contribution < 1.29 is 14.4 Å². The van der Waals surface area contributed by atoms with Gasteiger partial charge in [0.1, 0.15) is 0 Å². The molecule has 1 aromatic carbocycles. The van der Waals surface area contributed by atoms with Gasteiger partial charge in [-0.25, -0.2) is 0 Å². The Balaban J connectivity index is 1.82. The fraction of sp³-hybridized carbons (Fsp3) is 0.562. The van der Waals surface area contributed by atoms with E-state index in [9.17, 15) is 4.79 Å². The summed E-state index contributed by atoms with van der Waals surface area (Å²) in [5.74, 6) is 0.100. The first-order chi connectivity index (χ1) is 10.6. The minimum absolute atomic E-state index is 0.0293. The Bertz CT molecular complexity index is 490. The van der Waals surface area contributed by atoms with Crippen molar-refractivity contribution in [3.63, 3.8) is 0 Å². The van der Waals surface area contributed by atoms with Crippen LogP contribution in [0.3, 0.4) is 0 Å². The Morgan fingerprint density at radius 3 is 2.82 bits per heavy atom. The van der Waals surface area contributed by atoms with Crippen molar-refractivity contribution in [3.8, 4) is 0 Å². The van der Waals surface area contributed by atoms with Crippen LogP contribution in [0.4, 0.5) is 5.69 Å². The monoisotopic (exact) mass is 326 g/mol. The van der Waals surface area contributed by atoms with Gasteiger partial charge in [0.15, 0.2) is 6.04 Å². The molecule has 0 aromatic heterocycles. The Kier molecular flexibility index (Phi) is 6.49. The maximum Gasteiger partial charge on any atom is 0.278 e. The molecule has 0 saturated carbocycles. The number of ether oxygens (including phenoxy) is 1. The van der Waals surface area contributed by atoms with Gasteiger partial charge in [-0.2, -0.15) is 0 Å². The molecule has 1 fully saturated rings. The standard InChI is InChI=1S/C16H24ClN3O2/c1-13(16(21)18-6-11-22-2)19-7-9-20(10-8-19)15-5-3-4-14(17)12-15/h3-5,12-13H,6-11H2,1-2H3,(H,18,21)/p+1/t13-/m1/s1. The Labute approximate surface area is 137 Å². The van der Waals surface area contributed by atoms with Crippen LogP contribution in [-0.2, 0) is 9.53 Å². The van der Waals surface area contributed by atoms with Gasteiger partial charge in [0, 0.05) is 24.4 Å². The van der Waals surface area contributed by atoms with Crippen LogP contribution < -0.4 is 15.1 Å². The van der Waals surface area contributed by atoms with Crippen LogP contribution in [0.25, 0.3) is 0 Å². The number of methoxy groups -OCH3 is 1. The highest BCUT2D eigenvalue weighted by Crippen LogP contribution is 2.19. The first-order valence-electron chi connectivity index (χ1n) is 7.73. The summed E-state index contributed by atoms with van der Waals surface area (Å²) in [4.78, 5) is 15.7. The summed E-state index contributed by atoms with van der Waals surface area (Å²) in [5.41, 5.74) is 1.16. The molecular weight excluding hydrogens is 302 g/mol. The van der Waals surface area contributed by atoms with E-state index >= 15 is 0 Å². The van der Waals surface area contributed by atoms with Crippen molar-refractivity contribution in [1.29, 1.82) is 0 Å².